The molecular weight excluding hydrogens is 308 g/mol. The number of carboxylic acid groups (broad SMARTS) is 1. The Bertz CT molecular complexity index is 747. The first-order chi connectivity index (χ1) is 11.6. The fraction of sp³-hybridized carbons (Fsp3) is 0.444. The Morgan fingerprint density at radius 3 is 2.75 bits per heavy atom. The summed E-state index contributed by atoms with van der Waals surface area (Å²) in [6, 6.07) is 7.67. The zero-order valence-electron chi connectivity index (χ0n) is 13.7. The summed E-state index contributed by atoms with van der Waals surface area (Å²) in [6.45, 7) is 1.32. The first kappa shape index (κ1) is 16.5. The molecular formula is C18H22N2O4. The van der Waals surface area contributed by atoms with Gasteiger partial charge in [-0.3, -0.25) is 9.59 Å². The van der Waals surface area contributed by atoms with Crippen molar-refractivity contribution < 1.29 is 19.4 Å². The van der Waals surface area contributed by atoms with Crippen molar-refractivity contribution >= 4 is 22.8 Å². The molecule has 1 atom stereocenters. The van der Waals surface area contributed by atoms with E-state index in [-0.39, 0.29) is 18.4 Å². The van der Waals surface area contributed by atoms with Gasteiger partial charge >= 0.3 is 5.97 Å². The molecule has 1 fully saturated rings. The van der Waals surface area contributed by atoms with Crippen molar-refractivity contribution in [2.75, 3.05) is 19.8 Å². The normalized spacial score (nSPS) is 16.9. The van der Waals surface area contributed by atoms with Gasteiger partial charge in [0.2, 0.25) is 0 Å². The van der Waals surface area contributed by atoms with Gasteiger partial charge < -0.3 is 19.7 Å². The fourth-order valence-corrected chi connectivity index (χ4v) is 3.39. The Morgan fingerprint density at radius 2 is 2.04 bits per heavy atom. The molecule has 6 nitrogen and oxygen atoms in total. The maximum absolute atomic E-state index is 12.5. The Balaban J connectivity index is 1.72. The molecule has 1 aromatic carbocycles. The number of carbonyl (C=O) groups is 2. The van der Waals surface area contributed by atoms with Gasteiger partial charge in [0.25, 0.3) is 5.91 Å². The average Bonchev–Trinajstić information content (AvgIpc) is 2.93. The molecule has 1 aliphatic rings. The lowest BCUT2D eigenvalue weighted by Gasteiger charge is -2.27. The minimum absolute atomic E-state index is 0.0454. The van der Waals surface area contributed by atoms with Gasteiger partial charge in [-0.1, -0.05) is 18.2 Å². The summed E-state index contributed by atoms with van der Waals surface area (Å²) >= 11 is 0. The van der Waals surface area contributed by atoms with Crippen molar-refractivity contribution in [3.05, 3.63) is 36.0 Å². The number of aromatic nitrogens is 1. The predicted molar refractivity (Wildman–Crippen MR) is 89.9 cm³/mol. The molecule has 1 unspecified atom stereocenters. The first-order valence-electron chi connectivity index (χ1n) is 8.20. The number of carboxylic acids is 1. The molecule has 3 rings (SSSR count). The highest BCUT2D eigenvalue weighted by atomic mass is 16.5. The third kappa shape index (κ3) is 3.28. The molecule has 6 heteroatoms. The van der Waals surface area contributed by atoms with E-state index in [1.807, 2.05) is 35.9 Å². The summed E-state index contributed by atoms with van der Waals surface area (Å²) in [5.74, 6) is -1.62. The fourth-order valence-electron chi connectivity index (χ4n) is 3.39. The third-order valence-corrected chi connectivity index (χ3v) is 4.78. The smallest absolute Gasteiger partial charge is 0.308 e. The molecule has 2 aromatic rings. The number of aryl methyl sites for hydroxylation is 1. The van der Waals surface area contributed by atoms with Gasteiger partial charge in [0.1, 0.15) is 0 Å². The second-order valence-corrected chi connectivity index (χ2v) is 6.28. The molecule has 0 spiro atoms. The van der Waals surface area contributed by atoms with Crippen LogP contribution in [0.15, 0.2) is 30.5 Å². The van der Waals surface area contributed by atoms with E-state index < -0.39 is 11.9 Å². The van der Waals surface area contributed by atoms with E-state index in [0.29, 0.717) is 18.8 Å². The number of nitrogens with one attached hydrogen (secondary N) is 1. The van der Waals surface area contributed by atoms with Crippen LogP contribution in [-0.4, -0.2) is 41.3 Å². The van der Waals surface area contributed by atoms with E-state index in [9.17, 15) is 14.7 Å². The monoisotopic (exact) mass is 330 g/mol. The molecule has 0 aliphatic carbocycles. The van der Waals surface area contributed by atoms with E-state index in [0.717, 1.165) is 23.7 Å². The predicted octanol–water partition coefficient (Wildman–Crippen LogP) is 2.04. The number of amides is 1. The van der Waals surface area contributed by atoms with Crippen LogP contribution >= 0.6 is 0 Å². The lowest BCUT2D eigenvalue weighted by Crippen LogP contribution is -2.38. The summed E-state index contributed by atoms with van der Waals surface area (Å²) in [4.78, 5) is 24.1. The molecule has 0 saturated carbocycles. The third-order valence-electron chi connectivity index (χ3n) is 4.78. The minimum Gasteiger partial charge on any atom is -0.481 e. The number of carbonyl (C=O) groups excluding carboxylic acids is 1. The Hall–Kier alpha value is -2.34. The summed E-state index contributed by atoms with van der Waals surface area (Å²) in [7, 11) is 1.89. The lowest BCUT2D eigenvalue weighted by molar-refractivity contribution is -0.144. The van der Waals surface area contributed by atoms with E-state index in [1.165, 1.54) is 0 Å². The highest BCUT2D eigenvalue weighted by Gasteiger charge is 2.30. The number of aliphatic carboxylic acids is 1. The van der Waals surface area contributed by atoms with Crippen LogP contribution in [0.5, 0.6) is 0 Å². The van der Waals surface area contributed by atoms with Gasteiger partial charge in [0.05, 0.1) is 11.5 Å². The van der Waals surface area contributed by atoms with Crippen LogP contribution < -0.4 is 5.32 Å². The summed E-state index contributed by atoms with van der Waals surface area (Å²) < 4.78 is 7.19. The number of ether oxygens (including phenoxy) is 1. The molecule has 1 aliphatic heterocycles. The van der Waals surface area contributed by atoms with Crippen LogP contribution in [0, 0.1) is 11.8 Å². The van der Waals surface area contributed by atoms with Gasteiger partial charge in [0, 0.05) is 43.9 Å². The van der Waals surface area contributed by atoms with Gasteiger partial charge in [0.15, 0.2) is 0 Å². The molecule has 1 aromatic heterocycles. The van der Waals surface area contributed by atoms with E-state index in [2.05, 4.69) is 5.32 Å². The first-order valence-corrected chi connectivity index (χ1v) is 8.20. The molecule has 128 valence electrons. The maximum Gasteiger partial charge on any atom is 0.308 e. The van der Waals surface area contributed by atoms with Crippen LogP contribution in [0.3, 0.4) is 0 Å². The molecule has 2 N–H and O–H groups in total. The number of nitrogens with zero attached hydrogens (tertiary/aromatic N) is 1. The summed E-state index contributed by atoms with van der Waals surface area (Å²) in [6.07, 6.45) is 3.23. The molecule has 1 amide bonds. The molecule has 0 bridgehead atoms. The van der Waals surface area contributed by atoms with E-state index in [1.54, 1.807) is 6.20 Å². The summed E-state index contributed by atoms with van der Waals surface area (Å²) in [5, 5.41) is 13.2. The second-order valence-electron chi connectivity index (χ2n) is 6.28. The van der Waals surface area contributed by atoms with Crippen molar-refractivity contribution in [3.63, 3.8) is 0 Å². The number of hydrogen-bond donors (Lipinski definition) is 2. The zero-order valence-corrected chi connectivity index (χ0v) is 13.7. The Labute approximate surface area is 140 Å². The SMILES string of the molecule is Cn1cc(C(=O)NCC(C(=O)O)C2CCOCC2)c2ccccc21. The van der Waals surface area contributed by atoms with Crippen molar-refractivity contribution in [2.45, 2.75) is 12.8 Å². The topological polar surface area (TPSA) is 80.6 Å². The van der Waals surface area contributed by atoms with Crippen LogP contribution in [0.4, 0.5) is 0 Å². The van der Waals surface area contributed by atoms with Crippen molar-refractivity contribution in [1.82, 2.24) is 9.88 Å². The lowest BCUT2D eigenvalue weighted by atomic mass is 9.86. The Morgan fingerprint density at radius 1 is 1.33 bits per heavy atom. The van der Waals surface area contributed by atoms with Gasteiger partial charge in [-0.2, -0.15) is 0 Å². The van der Waals surface area contributed by atoms with Gasteiger partial charge in [-0.15, -0.1) is 0 Å². The minimum atomic E-state index is -0.861. The number of fused-ring (bicyclic) bond motifs is 1. The largest absolute Gasteiger partial charge is 0.481 e. The highest BCUT2D eigenvalue weighted by molar-refractivity contribution is 6.07. The maximum atomic E-state index is 12.5. The van der Waals surface area contributed by atoms with Crippen LogP contribution in [0.2, 0.25) is 0 Å². The van der Waals surface area contributed by atoms with Crippen LogP contribution in [0.25, 0.3) is 10.9 Å². The number of benzene rings is 1. The molecule has 1 saturated heterocycles. The van der Waals surface area contributed by atoms with E-state index in [4.69, 9.17) is 4.74 Å². The second kappa shape index (κ2) is 7.05. The number of hydrogen-bond acceptors (Lipinski definition) is 3. The standard InChI is InChI=1S/C18H22N2O4/c1-20-11-15(13-4-2-3-5-16(13)20)17(21)19-10-14(18(22)23)12-6-8-24-9-7-12/h2-5,11-12,14H,6-10H2,1H3,(H,19,21)(H,22,23). The van der Waals surface area contributed by atoms with E-state index >= 15 is 0 Å². The van der Waals surface area contributed by atoms with Crippen molar-refractivity contribution in [1.29, 1.82) is 0 Å². The molecule has 2 heterocycles. The average molecular weight is 330 g/mol. The van der Waals surface area contributed by atoms with Crippen LogP contribution in [-0.2, 0) is 16.6 Å². The quantitative estimate of drug-likeness (QED) is 0.879. The van der Waals surface area contributed by atoms with Gasteiger partial charge in [-0.05, 0) is 24.8 Å². The number of para-hydroxylation sites is 1. The Kier molecular flexibility index (Phi) is 4.85. The zero-order chi connectivity index (χ0) is 17.1. The van der Waals surface area contributed by atoms with Crippen molar-refractivity contribution in [3.8, 4) is 0 Å². The molecule has 24 heavy (non-hydrogen) atoms. The van der Waals surface area contributed by atoms with Crippen molar-refractivity contribution in [2.24, 2.45) is 18.9 Å². The highest BCUT2D eigenvalue weighted by Crippen LogP contribution is 2.24. The summed E-state index contributed by atoms with van der Waals surface area (Å²) in [5.41, 5.74) is 1.55. The number of rotatable bonds is 5. The van der Waals surface area contributed by atoms with Crippen LogP contribution in [0.1, 0.15) is 23.2 Å². The van der Waals surface area contributed by atoms with Gasteiger partial charge in [-0.25, -0.2) is 0 Å². The molecule has 0 radical (unpaired) electrons.